The summed E-state index contributed by atoms with van der Waals surface area (Å²) < 4.78 is 0. The lowest BCUT2D eigenvalue weighted by atomic mass is 10.1. The fraction of sp³-hybridized carbons (Fsp3) is 0.714. The van der Waals surface area contributed by atoms with Crippen molar-refractivity contribution >= 4 is 0 Å². The van der Waals surface area contributed by atoms with Gasteiger partial charge in [-0.15, -0.1) is 0 Å². The van der Waals surface area contributed by atoms with Crippen LogP contribution in [0, 0.1) is 0 Å². The summed E-state index contributed by atoms with van der Waals surface area (Å²) in [5.74, 6) is 5.65. The van der Waals surface area contributed by atoms with Crippen molar-refractivity contribution in [1.29, 1.82) is 0 Å². The summed E-state index contributed by atoms with van der Waals surface area (Å²) in [6.07, 6.45) is 2.40. The molecule has 0 spiro atoms. The highest BCUT2D eigenvalue weighted by Crippen LogP contribution is 2.18. The summed E-state index contributed by atoms with van der Waals surface area (Å²) in [7, 11) is 0. The average molecular weight is 126 g/mol. The molecule has 0 amide bonds. The number of nitrogens with two attached hydrogens (primary N) is 1. The normalized spacial score (nSPS) is 28.9. The SMILES string of the molecule is C=C(C)C1CCCN1N. The van der Waals surface area contributed by atoms with E-state index >= 15 is 0 Å². The lowest BCUT2D eigenvalue weighted by Crippen LogP contribution is -2.36. The van der Waals surface area contributed by atoms with E-state index < -0.39 is 0 Å². The third kappa shape index (κ3) is 1.32. The van der Waals surface area contributed by atoms with Gasteiger partial charge in [-0.1, -0.05) is 12.2 Å². The monoisotopic (exact) mass is 126 g/mol. The van der Waals surface area contributed by atoms with E-state index in [0.29, 0.717) is 6.04 Å². The van der Waals surface area contributed by atoms with Crippen molar-refractivity contribution < 1.29 is 0 Å². The third-order valence-corrected chi connectivity index (χ3v) is 1.86. The number of hydrazine groups is 1. The van der Waals surface area contributed by atoms with Crippen LogP contribution >= 0.6 is 0 Å². The van der Waals surface area contributed by atoms with Crippen LogP contribution in [-0.4, -0.2) is 17.6 Å². The molecule has 0 radical (unpaired) electrons. The van der Waals surface area contributed by atoms with E-state index in [2.05, 4.69) is 6.58 Å². The van der Waals surface area contributed by atoms with Crippen LogP contribution in [0.3, 0.4) is 0 Å². The van der Waals surface area contributed by atoms with E-state index in [1.165, 1.54) is 18.4 Å². The van der Waals surface area contributed by atoms with Crippen molar-refractivity contribution in [3.63, 3.8) is 0 Å². The van der Waals surface area contributed by atoms with Gasteiger partial charge in [0.05, 0.1) is 0 Å². The molecule has 1 rings (SSSR count). The van der Waals surface area contributed by atoms with Crippen molar-refractivity contribution in [2.24, 2.45) is 5.84 Å². The smallest absolute Gasteiger partial charge is 0.0445 e. The van der Waals surface area contributed by atoms with Gasteiger partial charge in [-0.05, 0) is 19.8 Å². The summed E-state index contributed by atoms with van der Waals surface area (Å²) >= 11 is 0. The second-order valence-electron chi connectivity index (χ2n) is 2.74. The van der Waals surface area contributed by atoms with Gasteiger partial charge in [0.15, 0.2) is 0 Å². The predicted octanol–water partition coefficient (Wildman–Crippen LogP) is 0.901. The van der Waals surface area contributed by atoms with Crippen LogP contribution in [0.2, 0.25) is 0 Å². The molecule has 0 aromatic heterocycles. The van der Waals surface area contributed by atoms with Gasteiger partial charge in [-0.3, -0.25) is 5.84 Å². The van der Waals surface area contributed by atoms with Gasteiger partial charge >= 0.3 is 0 Å². The van der Waals surface area contributed by atoms with Crippen LogP contribution in [-0.2, 0) is 0 Å². The fourth-order valence-corrected chi connectivity index (χ4v) is 1.32. The molecule has 0 aromatic carbocycles. The summed E-state index contributed by atoms with van der Waals surface area (Å²) in [6.45, 7) is 6.93. The lowest BCUT2D eigenvalue weighted by molar-refractivity contribution is 0.291. The lowest BCUT2D eigenvalue weighted by Gasteiger charge is -2.18. The maximum Gasteiger partial charge on any atom is 0.0445 e. The zero-order valence-electron chi connectivity index (χ0n) is 5.93. The Morgan fingerprint density at radius 2 is 2.44 bits per heavy atom. The Morgan fingerprint density at radius 3 is 2.67 bits per heavy atom. The first kappa shape index (κ1) is 6.78. The molecular formula is C7H14N2. The number of nitrogens with zero attached hydrogens (tertiary/aromatic N) is 1. The molecular weight excluding hydrogens is 112 g/mol. The molecule has 0 aromatic rings. The molecule has 1 aliphatic heterocycles. The quantitative estimate of drug-likeness (QED) is 0.418. The minimum Gasteiger partial charge on any atom is -0.268 e. The fourth-order valence-electron chi connectivity index (χ4n) is 1.32. The Labute approximate surface area is 56.3 Å². The number of hydrogen-bond donors (Lipinski definition) is 1. The zero-order valence-corrected chi connectivity index (χ0v) is 5.93. The van der Waals surface area contributed by atoms with Gasteiger partial charge in [-0.2, -0.15) is 0 Å². The molecule has 0 aliphatic carbocycles. The summed E-state index contributed by atoms with van der Waals surface area (Å²) in [4.78, 5) is 0. The summed E-state index contributed by atoms with van der Waals surface area (Å²) in [5, 5.41) is 1.88. The Kier molecular flexibility index (Phi) is 1.88. The minimum atomic E-state index is 0.449. The summed E-state index contributed by atoms with van der Waals surface area (Å²) in [6, 6.07) is 0.449. The van der Waals surface area contributed by atoms with Crippen molar-refractivity contribution in [3.05, 3.63) is 12.2 Å². The van der Waals surface area contributed by atoms with E-state index in [-0.39, 0.29) is 0 Å². The van der Waals surface area contributed by atoms with Crippen LogP contribution in [0.25, 0.3) is 0 Å². The zero-order chi connectivity index (χ0) is 6.85. The van der Waals surface area contributed by atoms with Gasteiger partial charge in [0.2, 0.25) is 0 Å². The molecule has 2 nitrogen and oxygen atoms in total. The highest BCUT2D eigenvalue weighted by molar-refractivity contribution is 5.03. The highest BCUT2D eigenvalue weighted by atomic mass is 15.4. The molecule has 2 N–H and O–H groups in total. The molecule has 9 heavy (non-hydrogen) atoms. The van der Waals surface area contributed by atoms with Crippen LogP contribution in [0.1, 0.15) is 19.8 Å². The topological polar surface area (TPSA) is 29.3 Å². The van der Waals surface area contributed by atoms with E-state index in [9.17, 15) is 0 Å². The first-order valence-electron chi connectivity index (χ1n) is 3.38. The predicted molar refractivity (Wildman–Crippen MR) is 38.7 cm³/mol. The first-order chi connectivity index (χ1) is 4.22. The van der Waals surface area contributed by atoms with Gasteiger partial charge < -0.3 is 0 Å². The Hall–Kier alpha value is -0.340. The maximum atomic E-state index is 5.65. The van der Waals surface area contributed by atoms with E-state index in [4.69, 9.17) is 5.84 Å². The third-order valence-electron chi connectivity index (χ3n) is 1.86. The molecule has 0 bridgehead atoms. The second kappa shape index (κ2) is 2.50. The minimum absolute atomic E-state index is 0.449. The summed E-state index contributed by atoms with van der Waals surface area (Å²) in [5.41, 5.74) is 1.19. The van der Waals surface area contributed by atoms with E-state index in [1.54, 1.807) is 0 Å². The molecule has 0 saturated carbocycles. The van der Waals surface area contributed by atoms with E-state index in [0.717, 1.165) is 6.54 Å². The van der Waals surface area contributed by atoms with Crippen molar-refractivity contribution in [3.8, 4) is 0 Å². The molecule has 2 heteroatoms. The molecule has 1 fully saturated rings. The molecule has 52 valence electrons. The van der Waals surface area contributed by atoms with Crippen LogP contribution < -0.4 is 5.84 Å². The Morgan fingerprint density at radius 1 is 1.78 bits per heavy atom. The Bertz CT molecular complexity index is 120. The molecule has 1 aliphatic rings. The van der Waals surface area contributed by atoms with Crippen LogP contribution in [0.4, 0.5) is 0 Å². The standard InChI is InChI=1S/C7H14N2/c1-6(2)7-4-3-5-9(7)8/h7H,1,3-5,8H2,2H3. The largest absolute Gasteiger partial charge is 0.268 e. The maximum absolute atomic E-state index is 5.65. The van der Waals surface area contributed by atoms with Gasteiger partial charge in [0.25, 0.3) is 0 Å². The molecule has 1 saturated heterocycles. The van der Waals surface area contributed by atoms with Gasteiger partial charge in [-0.25, -0.2) is 5.01 Å². The van der Waals surface area contributed by atoms with Crippen LogP contribution in [0.15, 0.2) is 12.2 Å². The van der Waals surface area contributed by atoms with Gasteiger partial charge in [0, 0.05) is 12.6 Å². The molecule has 1 unspecified atom stereocenters. The Balaban J connectivity index is 2.49. The second-order valence-corrected chi connectivity index (χ2v) is 2.74. The van der Waals surface area contributed by atoms with Gasteiger partial charge in [0.1, 0.15) is 0 Å². The van der Waals surface area contributed by atoms with Crippen molar-refractivity contribution in [1.82, 2.24) is 5.01 Å². The average Bonchev–Trinajstić information content (AvgIpc) is 2.13. The molecule has 1 heterocycles. The number of hydrogen-bond acceptors (Lipinski definition) is 2. The molecule has 1 atom stereocenters. The van der Waals surface area contributed by atoms with Crippen LogP contribution in [0.5, 0.6) is 0 Å². The number of rotatable bonds is 1. The van der Waals surface area contributed by atoms with Crippen molar-refractivity contribution in [2.75, 3.05) is 6.54 Å². The van der Waals surface area contributed by atoms with E-state index in [1.807, 2.05) is 11.9 Å². The first-order valence-corrected chi connectivity index (χ1v) is 3.38. The highest BCUT2D eigenvalue weighted by Gasteiger charge is 2.21. The van der Waals surface area contributed by atoms with Crippen molar-refractivity contribution in [2.45, 2.75) is 25.8 Å².